The average Bonchev–Trinajstić information content (AvgIpc) is 3.27. The predicted octanol–water partition coefficient (Wildman–Crippen LogP) is 3.77. The number of nitrogens with zero attached hydrogens (tertiary/aromatic N) is 3. The second-order valence-electron chi connectivity index (χ2n) is 8.65. The highest BCUT2D eigenvalue weighted by Crippen LogP contribution is 2.36. The quantitative estimate of drug-likeness (QED) is 0.520. The van der Waals surface area contributed by atoms with Crippen LogP contribution in [0.4, 0.5) is 5.69 Å². The second kappa shape index (κ2) is 7.69. The van der Waals surface area contributed by atoms with Crippen LogP contribution in [0.2, 0.25) is 0 Å². The summed E-state index contributed by atoms with van der Waals surface area (Å²) >= 11 is 1.91. The first-order valence-corrected chi connectivity index (χ1v) is 11.9. The molecule has 0 spiro atoms. The lowest BCUT2D eigenvalue weighted by atomic mass is 10.0. The van der Waals surface area contributed by atoms with Crippen LogP contribution in [-0.4, -0.2) is 37.2 Å². The molecule has 0 atom stereocenters. The summed E-state index contributed by atoms with van der Waals surface area (Å²) in [4.78, 5) is 8.99. The number of nitrogens with two attached hydrogens (primary N) is 1. The zero-order valence-electron chi connectivity index (χ0n) is 17.6. The maximum Gasteiger partial charge on any atom is 0.201 e. The van der Waals surface area contributed by atoms with Gasteiger partial charge in [0.25, 0.3) is 0 Å². The van der Waals surface area contributed by atoms with Crippen LogP contribution in [-0.2, 0) is 6.42 Å². The summed E-state index contributed by atoms with van der Waals surface area (Å²) in [5.74, 6) is 0. The van der Waals surface area contributed by atoms with Crippen LogP contribution in [0.3, 0.4) is 0 Å². The number of anilines is 1. The summed E-state index contributed by atoms with van der Waals surface area (Å²) in [5, 5.41) is 1.34. The third-order valence-corrected chi connectivity index (χ3v) is 7.65. The molecule has 1 aromatic carbocycles. The van der Waals surface area contributed by atoms with Crippen LogP contribution in [0.25, 0.3) is 20.8 Å². The lowest BCUT2D eigenvalue weighted by Crippen LogP contribution is -2.42. The highest BCUT2D eigenvalue weighted by molar-refractivity contribution is 7.21. The SMILES string of the molecule is CCc1cc(=[N+]2CCC(N)CC2)cc2sc3cc(N4CCCC4)cc(C)c3nc1-2. The molecular formula is C24H31N4S+. The molecule has 1 aliphatic carbocycles. The van der Waals surface area contributed by atoms with E-state index >= 15 is 0 Å². The van der Waals surface area contributed by atoms with Crippen molar-refractivity contribution in [3.05, 3.63) is 40.7 Å². The fraction of sp³-hybridized carbons (Fsp3) is 0.500. The second-order valence-corrected chi connectivity index (χ2v) is 9.73. The van der Waals surface area contributed by atoms with Crippen LogP contribution in [0.15, 0.2) is 24.3 Å². The van der Waals surface area contributed by atoms with Gasteiger partial charge in [0, 0.05) is 49.8 Å². The summed E-state index contributed by atoms with van der Waals surface area (Å²) in [7, 11) is 0. The Labute approximate surface area is 177 Å². The molecule has 0 bridgehead atoms. The molecule has 5 rings (SSSR count). The van der Waals surface area contributed by atoms with E-state index < -0.39 is 0 Å². The Morgan fingerprint density at radius 2 is 1.90 bits per heavy atom. The number of aryl methyl sites for hydroxylation is 2. The van der Waals surface area contributed by atoms with E-state index in [1.807, 2.05) is 11.3 Å². The molecule has 29 heavy (non-hydrogen) atoms. The van der Waals surface area contributed by atoms with Crippen molar-refractivity contribution >= 4 is 27.2 Å². The van der Waals surface area contributed by atoms with Gasteiger partial charge in [0.2, 0.25) is 5.36 Å². The topological polar surface area (TPSA) is 45.2 Å². The van der Waals surface area contributed by atoms with E-state index in [1.54, 1.807) is 0 Å². The summed E-state index contributed by atoms with van der Waals surface area (Å²) < 4.78 is 3.81. The largest absolute Gasteiger partial charge is 0.371 e. The Balaban J connectivity index is 1.69. The molecule has 2 saturated heterocycles. The molecule has 2 fully saturated rings. The summed E-state index contributed by atoms with van der Waals surface area (Å²) in [6.07, 6.45) is 5.78. The Morgan fingerprint density at radius 1 is 1.14 bits per heavy atom. The maximum absolute atomic E-state index is 6.13. The number of hydrogen-bond acceptors (Lipinski definition) is 4. The van der Waals surface area contributed by atoms with Gasteiger partial charge in [-0.2, -0.15) is 0 Å². The molecule has 1 aromatic rings. The van der Waals surface area contributed by atoms with Gasteiger partial charge in [0.05, 0.1) is 20.8 Å². The molecule has 4 aliphatic rings. The van der Waals surface area contributed by atoms with Crippen molar-refractivity contribution in [2.45, 2.75) is 52.0 Å². The van der Waals surface area contributed by atoms with E-state index in [4.69, 9.17) is 10.7 Å². The van der Waals surface area contributed by atoms with Gasteiger partial charge >= 0.3 is 0 Å². The van der Waals surface area contributed by atoms with Crippen LogP contribution in [0.1, 0.15) is 43.7 Å². The Morgan fingerprint density at radius 3 is 2.62 bits per heavy atom. The minimum atomic E-state index is 0.359. The summed E-state index contributed by atoms with van der Waals surface area (Å²) in [6.45, 7) is 8.92. The minimum absolute atomic E-state index is 0.359. The first-order chi connectivity index (χ1) is 14.1. The molecule has 5 heteroatoms. The number of rotatable bonds is 2. The van der Waals surface area contributed by atoms with Crippen molar-refractivity contribution in [3.8, 4) is 10.6 Å². The highest BCUT2D eigenvalue weighted by atomic mass is 32.1. The summed E-state index contributed by atoms with van der Waals surface area (Å²) in [5.41, 5.74) is 12.5. The van der Waals surface area contributed by atoms with Crippen LogP contribution < -0.4 is 20.6 Å². The number of benzene rings is 2. The predicted molar refractivity (Wildman–Crippen MR) is 124 cm³/mol. The Kier molecular flexibility index (Phi) is 5.04. The first kappa shape index (κ1) is 19.0. The zero-order valence-corrected chi connectivity index (χ0v) is 18.4. The van der Waals surface area contributed by atoms with Crippen molar-refractivity contribution in [2.75, 3.05) is 31.1 Å². The van der Waals surface area contributed by atoms with E-state index in [0.717, 1.165) is 37.9 Å². The molecule has 0 amide bonds. The van der Waals surface area contributed by atoms with Crippen LogP contribution >= 0.6 is 11.3 Å². The smallest absolute Gasteiger partial charge is 0.201 e. The molecular weight excluding hydrogens is 376 g/mol. The fourth-order valence-corrected chi connectivity index (χ4v) is 5.97. The van der Waals surface area contributed by atoms with E-state index in [1.165, 1.54) is 63.4 Å². The van der Waals surface area contributed by atoms with Crippen molar-refractivity contribution in [2.24, 2.45) is 5.73 Å². The third-order valence-electron chi connectivity index (χ3n) is 6.59. The average molecular weight is 408 g/mol. The lowest BCUT2D eigenvalue weighted by molar-refractivity contribution is 0.406. The van der Waals surface area contributed by atoms with E-state index in [9.17, 15) is 0 Å². The van der Waals surface area contributed by atoms with Crippen molar-refractivity contribution in [1.82, 2.24) is 9.56 Å². The Bertz CT molecular complexity index is 1080. The number of fused-ring (bicyclic) bond motifs is 2. The van der Waals surface area contributed by atoms with E-state index in [0.29, 0.717) is 6.04 Å². The fourth-order valence-electron chi connectivity index (χ4n) is 4.80. The molecule has 0 radical (unpaired) electrons. The molecule has 152 valence electrons. The van der Waals surface area contributed by atoms with Crippen molar-refractivity contribution < 1.29 is 0 Å². The van der Waals surface area contributed by atoms with Gasteiger partial charge in [0.1, 0.15) is 13.1 Å². The van der Waals surface area contributed by atoms with Gasteiger partial charge in [-0.1, -0.05) is 6.92 Å². The van der Waals surface area contributed by atoms with Crippen LogP contribution in [0.5, 0.6) is 0 Å². The molecule has 4 nitrogen and oxygen atoms in total. The van der Waals surface area contributed by atoms with E-state index in [-0.39, 0.29) is 0 Å². The van der Waals surface area contributed by atoms with Gasteiger partial charge in [-0.25, -0.2) is 9.56 Å². The van der Waals surface area contributed by atoms with Gasteiger partial charge in [-0.3, -0.25) is 0 Å². The first-order valence-electron chi connectivity index (χ1n) is 11.1. The maximum atomic E-state index is 6.13. The highest BCUT2D eigenvalue weighted by Gasteiger charge is 2.21. The van der Waals surface area contributed by atoms with Crippen molar-refractivity contribution in [1.29, 1.82) is 0 Å². The number of piperidine rings is 1. The van der Waals surface area contributed by atoms with Gasteiger partial charge in [-0.05, 0) is 49.4 Å². The Hall–Kier alpha value is -1.98. The third kappa shape index (κ3) is 3.55. The monoisotopic (exact) mass is 407 g/mol. The van der Waals surface area contributed by atoms with Crippen LogP contribution in [0, 0.1) is 6.92 Å². The van der Waals surface area contributed by atoms with Gasteiger partial charge in [-0.15, -0.1) is 11.3 Å². The van der Waals surface area contributed by atoms with Gasteiger partial charge < -0.3 is 10.6 Å². The van der Waals surface area contributed by atoms with E-state index in [2.05, 4.69) is 47.6 Å². The minimum Gasteiger partial charge on any atom is -0.371 e. The normalized spacial score (nSPS) is 20.2. The molecule has 0 aromatic heterocycles. The zero-order chi connectivity index (χ0) is 20.0. The number of aromatic nitrogens is 1. The molecule has 3 aliphatic heterocycles. The lowest BCUT2D eigenvalue weighted by Gasteiger charge is -2.20. The number of hydrogen-bond donors (Lipinski definition) is 1. The molecule has 3 heterocycles. The van der Waals surface area contributed by atoms with Crippen molar-refractivity contribution in [3.63, 3.8) is 0 Å². The van der Waals surface area contributed by atoms with Gasteiger partial charge in [0.15, 0.2) is 0 Å². The standard InChI is InChI=1S/C24H31N4S/c1-3-17-13-20(28-10-6-18(25)7-11-28)15-22-24(17)26-23-16(2)12-19(14-21(23)29-22)27-8-4-5-9-27/h12-15,18H,3-11,25H2,1-2H3/q+1. The molecule has 0 unspecified atom stereocenters. The molecule has 2 N–H and O–H groups in total. The molecule has 0 saturated carbocycles. The summed E-state index contributed by atoms with van der Waals surface area (Å²) in [6, 6.07) is 9.77.